The summed E-state index contributed by atoms with van der Waals surface area (Å²) in [7, 11) is 3.49. The van der Waals surface area contributed by atoms with Crippen molar-refractivity contribution >= 4 is 35.9 Å². The van der Waals surface area contributed by atoms with Crippen LogP contribution in [0.25, 0.3) is 23.3 Å². The number of carbonyl (C=O) groups is 2. The van der Waals surface area contributed by atoms with Gasteiger partial charge in [0.2, 0.25) is 5.91 Å². The molecule has 0 bridgehead atoms. The second-order valence-corrected chi connectivity index (χ2v) is 9.09. The van der Waals surface area contributed by atoms with Crippen LogP contribution < -0.4 is 10.5 Å². The second kappa shape index (κ2) is 11.1. The standard InChI is InChI=1S/C29H32N4O3/c1-4-20-13-25-26(31-28(30)14-20)16-24(17-27(25)36-3)21-7-8-23(19-34)22(15-21)9-12-32(2)18-29(35)33-10-5-6-11-33/h4,7-9,12-13,15-17,19H,1,5-6,10-11,14,18H2,2-3H3,(H2,30,31)/b12-9-. The van der Waals surface area contributed by atoms with Crippen molar-refractivity contribution in [2.45, 2.75) is 19.3 Å². The van der Waals surface area contributed by atoms with Gasteiger partial charge in [-0.15, -0.1) is 0 Å². The molecule has 2 N–H and O–H groups in total. The Morgan fingerprint density at radius 3 is 2.67 bits per heavy atom. The van der Waals surface area contributed by atoms with Gasteiger partial charge in [-0.25, -0.2) is 4.99 Å². The van der Waals surface area contributed by atoms with E-state index >= 15 is 0 Å². The summed E-state index contributed by atoms with van der Waals surface area (Å²) in [6.45, 7) is 5.83. The fraction of sp³-hybridized carbons (Fsp3) is 0.276. The van der Waals surface area contributed by atoms with Crippen molar-refractivity contribution in [1.29, 1.82) is 0 Å². The fourth-order valence-corrected chi connectivity index (χ4v) is 4.50. The molecule has 186 valence electrons. The maximum Gasteiger partial charge on any atom is 0.242 e. The maximum atomic E-state index is 12.4. The third kappa shape index (κ3) is 5.57. The molecule has 0 radical (unpaired) electrons. The third-order valence-corrected chi connectivity index (χ3v) is 6.48. The number of benzene rings is 2. The SMILES string of the molecule is C=CC1=Cc2c(cc(-c3ccc(C=O)c(/C=C\N(C)CC(=O)N4CCCC4)c3)cc2OC)N=C(N)C1. The molecule has 0 saturated carbocycles. The molecule has 0 aliphatic carbocycles. The molecule has 0 spiro atoms. The van der Waals surface area contributed by atoms with Crippen molar-refractivity contribution < 1.29 is 14.3 Å². The Hall–Kier alpha value is -4.13. The van der Waals surface area contributed by atoms with Gasteiger partial charge in [0.1, 0.15) is 11.6 Å². The molecule has 7 heteroatoms. The zero-order chi connectivity index (χ0) is 25.7. The van der Waals surface area contributed by atoms with Gasteiger partial charge in [-0.05, 0) is 71.7 Å². The van der Waals surface area contributed by atoms with Crippen LogP contribution in [0.1, 0.15) is 40.7 Å². The summed E-state index contributed by atoms with van der Waals surface area (Å²) in [5.41, 5.74) is 11.8. The number of amides is 1. The van der Waals surface area contributed by atoms with Crippen LogP contribution in [0.15, 0.2) is 59.8 Å². The summed E-state index contributed by atoms with van der Waals surface area (Å²) in [5, 5.41) is 0. The summed E-state index contributed by atoms with van der Waals surface area (Å²) in [6.07, 6.45) is 11.0. The molecule has 0 atom stereocenters. The number of ether oxygens (including phenoxy) is 1. The zero-order valence-electron chi connectivity index (χ0n) is 20.9. The lowest BCUT2D eigenvalue weighted by Crippen LogP contribution is -2.35. The van der Waals surface area contributed by atoms with E-state index in [1.807, 2.05) is 59.5 Å². The smallest absolute Gasteiger partial charge is 0.242 e. The largest absolute Gasteiger partial charge is 0.496 e. The summed E-state index contributed by atoms with van der Waals surface area (Å²) >= 11 is 0. The number of hydrogen-bond donors (Lipinski definition) is 1. The Morgan fingerprint density at radius 1 is 1.19 bits per heavy atom. The van der Waals surface area contributed by atoms with Crippen molar-refractivity contribution in [3.05, 3.63) is 71.5 Å². The van der Waals surface area contributed by atoms with Crippen LogP contribution in [-0.2, 0) is 4.79 Å². The molecule has 2 aromatic carbocycles. The average molecular weight is 485 g/mol. The van der Waals surface area contributed by atoms with Gasteiger partial charge in [0.25, 0.3) is 0 Å². The highest BCUT2D eigenvalue weighted by Gasteiger charge is 2.18. The highest BCUT2D eigenvalue weighted by atomic mass is 16.5. The van der Waals surface area contributed by atoms with Crippen LogP contribution in [0.4, 0.5) is 5.69 Å². The van der Waals surface area contributed by atoms with E-state index in [2.05, 4.69) is 11.6 Å². The molecule has 36 heavy (non-hydrogen) atoms. The number of fused-ring (bicyclic) bond motifs is 1. The van der Waals surface area contributed by atoms with E-state index in [9.17, 15) is 9.59 Å². The molecule has 0 aromatic heterocycles. The first kappa shape index (κ1) is 25.0. The van der Waals surface area contributed by atoms with E-state index in [1.165, 1.54) is 0 Å². The number of aliphatic imine (C=N–C) groups is 1. The zero-order valence-corrected chi connectivity index (χ0v) is 20.9. The third-order valence-electron chi connectivity index (χ3n) is 6.48. The minimum absolute atomic E-state index is 0.120. The molecule has 1 fully saturated rings. The molecular formula is C29H32N4O3. The lowest BCUT2D eigenvalue weighted by Gasteiger charge is -2.20. The van der Waals surface area contributed by atoms with Gasteiger partial charge in [-0.2, -0.15) is 0 Å². The van der Waals surface area contributed by atoms with E-state index in [0.29, 0.717) is 30.1 Å². The first-order chi connectivity index (χ1) is 17.4. The first-order valence-electron chi connectivity index (χ1n) is 12.1. The predicted molar refractivity (Wildman–Crippen MR) is 145 cm³/mol. The number of rotatable bonds is 8. The average Bonchev–Trinajstić information content (AvgIpc) is 3.37. The quantitative estimate of drug-likeness (QED) is 0.551. The van der Waals surface area contributed by atoms with Gasteiger partial charge >= 0.3 is 0 Å². The number of nitrogens with two attached hydrogens (primary N) is 1. The van der Waals surface area contributed by atoms with Gasteiger partial charge in [0.05, 0.1) is 19.3 Å². The fourth-order valence-electron chi connectivity index (χ4n) is 4.50. The second-order valence-electron chi connectivity index (χ2n) is 9.09. The van der Waals surface area contributed by atoms with Gasteiger partial charge in [-0.1, -0.05) is 24.8 Å². The van der Waals surface area contributed by atoms with Gasteiger partial charge in [0, 0.05) is 37.7 Å². The van der Waals surface area contributed by atoms with E-state index in [-0.39, 0.29) is 5.91 Å². The number of hydrogen-bond acceptors (Lipinski definition) is 6. The Kier molecular flexibility index (Phi) is 7.68. The lowest BCUT2D eigenvalue weighted by molar-refractivity contribution is -0.130. The number of likely N-dealkylation sites (N-methyl/N-ethyl adjacent to an activating group) is 1. The molecular weight excluding hydrogens is 452 g/mol. The normalized spacial score (nSPS) is 15.1. The van der Waals surface area contributed by atoms with Gasteiger partial charge in [-0.3, -0.25) is 9.59 Å². The molecule has 1 saturated heterocycles. The van der Waals surface area contributed by atoms with Crippen LogP contribution in [0.2, 0.25) is 0 Å². The lowest BCUT2D eigenvalue weighted by atomic mass is 9.96. The van der Waals surface area contributed by atoms with Crippen molar-refractivity contribution in [2.75, 3.05) is 33.8 Å². The van der Waals surface area contributed by atoms with Crippen molar-refractivity contribution in [3.8, 4) is 16.9 Å². The minimum Gasteiger partial charge on any atom is -0.496 e. The monoisotopic (exact) mass is 484 g/mol. The van der Waals surface area contributed by atoms with Crippen molar-refractivity contribution in [2.24, 2.45) is 10.7 Å². The van der Waals surface area contributed by atoms with Crippen LogP contribution >= 0.6 is 0 Å². The van der Waals surface area contributed by atoms with E-state index < -0.39 is 0 Å². The molecule has 0 unspecified atom stereocenters. The number of likely N-dealkylation sites (tertiary alicyclic amines) is 1. The molecule has 2 aliphatic rings. The van der Waals surface area contributed by atoms with Gasteiger partial charge < -0.3 is 20.3 Å². The van der Waals surface area contributed by atoms with Crippen LogP contribution in [-0.4, -0.2) is 61.6 Å². The Morgan fingerprint density at radius 2 is 1.97 bits per heavy atom. The predicted octanol–water partition coefficient (Wildman–Crippen LogP) is 4.66. The van der Waals surface area contributed by atoms with Crippen LogP contribution in [0, 0.1) is 0 Å². The molecule has 2 aliphatic heterocycles. The number of aldehydes is 1. The Bertz CT molecular complexity index is 1270. The Balaban J connectivity index is 1.65. The number of amidine groups is 1. The molecule has 2 heterocycles. The summed E-state index contributed by atoms with van der Waals surface area (Å²) in [6, 6.07) is 9.57. The number of methoxy groups -OCH3 is 1. The highest BCUT2D eigenvalue weighted by molar-refractivity contribution is 5.93. The van der Waals surface area contributed by atoms with E-state index in [4.69, 9.17) is 10.5 Å². The van der Waals surface area contributed by atoms with Crippen molar-refractivity contribution in [3.63, 3.8) is 0 Å². The summed E-state index contributed by atoms with van der Waals surface area (Å²) in [5.74, 6) is 1.30. The van der Waals surface area contributed by atoms with E-state index in [0.717, 1.165) is 65.7 Å². The number of carbonyl (C=O) groups excluding carboxylic acids is 2. The van der Waals surface area contributed by atoms with Crippen LogP contribution in [0.5, 0.6) is 5.75 Å². The minimum atomic E-state index is 0.120. The summed E-state index contributed by atoms with van der Waals surface area (Å²) < 4.78 is 5.69. The molecule has 7 nitrogen and oxygen atoms in total. The summed E-state index contributed by atoms with van der Waals surface area (Å²) in [4.78, 5) is 32.5. The molecule has 2 aromatic rings. The highest BCUT2D eigenvalue weighted by Crippen LogP contribution is 2.39. The Labute approximate surface area is 212 Å². The van der Waals surface area contributed by atoms with Crippen LogP contribution in [0.3, 0.4) is 0 Å². The van der Waals surface area contributed by atoms with Crippen molar-refractivity contribution in [1.82, 2.24) is 9.80 Å². The molecule has 1 amide bonds. The number of nitrogens with zero attached hydrogens (tertiary/aromatic N) is 3. The topological polar surface area (TPSA) is 88.2 Å². The van der Waals surface area contributed by atoms with Gasteiger partial charge in [0.15, 0.2) is 6.29 Å². The molecule has 4 rings (SSSR count). The first-order valence-corrected chi connectivity index (χ1v) is 12.1. The van der Waals surface area contributed by atoms with E-state index in [1.54, 1.807) is 19.3 Å². The maximum absolute atomic E-state index is 12.4. The number of allylic oxidation sites excluding steroid dienone is 1.